The zero-order valence-corrected chi connectivity index (χ0v) is 17.3. The Morgan fingerprint density at radius 3 is 2.47 bits per heavy atom. The lowest BCUT2D eigenvalue weighted by molar-refractivity contribution is 0.313. The van der Waals surface area contributed by atoms with Crippen molar-refractivity contribution in [1.29, 1.82) is 0 Å². The topological polar surface area (TPSA) is 95.2 Å². The van der Waals surface area contributed by atoms with Crippen LogP contribution in [-0.2, 0) is 0 Å². The second kappa shape index (κ2) is 9.51. The minimum atomic E-state index is 0.560. The molecule has 4 rings (SSSR count). The van der Waals surface area contributed by atoms with Crippen molar-refractivity contribution < 1.29 is 0 Å². The van der Waals surface area contributed by atoms with Crippen LogP contribution in [0.5, 0.6) is 0 Å². The van der Waals surface area contributed by atoms with E-state index in [-0.39, 0.29) is 0 Å². The van der Waals surface area contributed by atoms with E-state index < -0.39 is 0 Å². The Kier molecular flexibility index (Phi) is 6.36. The van der Waals surface area contributed by atoms with Crippen LogP contribution in [0, 0.1) is 0 Å². The number of hydrogen-bond acceptors (Lipinski definition) is 8. The van der Waals surface area contributed by atoms with Crippen molar-refractivity contribution in [3.05, 3.63) is 54.9 Å². The molecule has 3 aromatic rings. The van der Waals surface area contributed by atoms with Crippen LogP contribution >= 0.6 is 0 Å². The predicted molar refractivity (Wildman–Crippen MR) is 122 cm³/mol. The SMILES string of the molecule is CN1CCN(c2ccc(Nc3nccc(-c4ccc(NCCN)nc4)n3)cc2)CC1. The molecule has 2 aromatic heterocycles. The van der Waals surface area contributed by atoms with Crippen molar-refractivity contribution >= 4 is 23.1 Å². The minimum Gasteiger partial charge on any atom is -0.369 e. The number of aromatic nitrogens is 3. The van der Waals surface area contributed by atoms with Gasteiger partial charge in [0.15, 0.2) is 0 Å². The van der Waals surface area contributed by atoms with E-state index in [4.69, 9.17) is 5.73 Å². The summed E-state index contributed by atoms with van der Waals surface area (Å²) in [4.78, 5) is 18.2. The van der Waals surface area contributed by atoms with Gasteiger partial charge in [0, 0.05) is 68.6 Å². The van der Waals surface area contributed by atoms with Crippen LogP contribution in [-0.4, -0.2) is 66.2 Å². The lowest BCUT2D eigenvalue weighted by atomic mass is 10.2. The molecule has 0 radical (unpaired) electrons. The molecular formula is C22H28N8. The molecule has 1 aliphatic heterocycles. The summed E-state index contributed by atoms with van der Waals surface area (Å²) in [7, 11) is 2.17. The number of likely N-dealkylation sites (N-methyl/N-ethyl adjacent to an activating group) is 1. The first-order valence-corrected chi connectivity index (χ1v) is 10.3. The lowest BCUT2D eigenvalue weighted by Gasteiger charge is -2.34. The molecule has 0 aliphatic carbocycles. The smallest absolute Gasteiger partial charge is 0.227 e. The molecule has 0 atom stereocenters. The van der Waals surface area contributed by atoms with Crippen molar-refractivity contribution in [1.82, 2.24) is 19.9 Å². The van der Waals surface area contributed by atoms with Crippen LogP contribution in [0.2, 0.25) is 0 Å². The molecule has 8 heteroatoms. The Morgan fingerprint density at radius 2 is 1.77 bits per heavy atom. The molecule has 0 spiro atoms. The van der Waals surface area contributed by atoms with Crippen LogP contribution in [0.3, 0.4) is 0 Å². The first kappa shape index (κ1) is 20.1. The minimum absolute atomic E-state index is 0.560. The molecule has 3 heterocycles. The lowest BCUT2D eigenvalue weighted by Crippen LogP contribution is -2.44. The van der Waals surface area contributed by atoms with Crippen molar-refractivity contribution in [3.63, 3.8) is 0 Å². The number of nitrogens with one attached hydrogen (secondary N) is 2. The van der Waals surface area contributed by atoms with Gasteiger partial charge in [0.25, 0.3) is 0 Å². The van der Waals surface area contributed by atoms with E-state index in [1.807, 2.05) is 18.2 Å². The number of hydrogen-bond donors (Lipinski definition) is 3. The number of rotatable bonds is 7. The summed E-state index contributed by atoms with van der Waals surface area (Å²) in [6.07, 6.45) is 3.56. The molecule has 0 bridgehead atoms. The van der Waals surface area contributed by atoms with Crippen LogP contribution < -0.4 is 21.3 Å². The Labute approximate surface area is 177 Å². The van der Waals surface area contributed by atoms with E-state index in [2.05, 4.69) is 66.7 Å². The third-order valence-corrected chi connectivity index (χ3v) is 5.16. The summed E-state index contributed by atoms with van der Waals surface area (Å²) in [5.74, 6) is 1.36. The van der Waals surface area contributed by atoms with Crippen LogP contribution in [0.4, 0.5) is 23.1 Å². The van der Waals surface area contributed by atoms with Gasteiger partial charge in [-0.1, -0.05) is 0 Å². The van der Waals surface area contributed by atoms with E-state index in [1.54, 1.807) is 12.4 Å². The van der Waals surface area contributed by atoms with Gasteiger partial charge < -0.3 is 26.2 Å². The highest BCUT2D eigenvalue weighted by molar-refractivity contribution is 5.63. The molecule has 1 saturated heterocycles. The maximum Gasteiger partial charge on any atom is 0.227 e. The second-order valence-electron chi connectivity index (χ2n) is 7.38. The van der Waals surface area contributed by atoms with Crippen molar-refractivity contribution in [2.45, 2.75) is 0 Å². The molecule has 30 heavy (non-hydrogen) atoms. The highest BCUT2D eigenvalue weighted by atomic mass is 15.2. The third kappa shape index (κ3) is 5.03. The Bertz CT molecular complexity index is 934. The quantitative estimate of drug-likeness (QED) is 0.553. The Hall–Kier alpha value is -3.23. The Morgan fingerprint density at radius 1 is 0.967 bits per heavy atom. The molecule has 1 aliphatic rings. The van der Waals surface area contributed by atoms with Gasteiger partial charge in [-0.05, 0) is 49.5 Å². The van der Waals surface area contributed by atoms with Gasteiger partial charge in [-0.15, -0.1) is 0 Å². The second-order valence-corrected chi connectivity index (χ2v) is 7.38. The van der Waals surface area contributed by atoms with Crippen molar-refractivity contribution in [2.24, 2.45) is 5.73 Å². The Balaban J connectivity index is 1.41. The highest BCUT2D eigenvalue weighted by Gasteiger charge is 2.14. The predicted octanol–water partition coefficient (Wildman–Crippen LogP) is 2.40. The van der Waals surface area contributed by atoms with Gasteiger partial charge in [0.2, 0.25) is 5.95 Å². The summed E-state index contributed by atoms with van der Waals surface area (Å²) >= 11 is 0. The van der Waals surface area contributed by atoms with Gasteiger partial charge in [0.1, 0.15) is 5.82 Å². The number of piperazine rings is 1. The summed E-state index contributed by atoms with van der Waals surface area (Å²) in [6.45, 7) is 5.58. The molecule has 1 fully saturated rings. The van der Waals surface area contributed by atoms with Gasteiger partial charge in [0.05, 0.1) is 5.69 Å². The molecular weight excluding hydrogens is 376 g/mol. The normalized spacial score (nSPS) is 14.5. The third-order valence-electron chi connectivity index (χ3n) is 5.16. The summed E-state index contributed by atoms with van der Waals surface area (Å²) in [5.41, 5.74) is 9.47. The fourth-order valence-electron chi connectivity index (χ4n) is 3.38. The fraction of sp³-hybridized carbons (Fsp3) is 0.318. The summed E-state index contributed by atoms with van der Waals surface area (Å²) in [5, 5.41) is 6.46. The van der Waals surface area contributed by atoms with Crippen LogP contribution in [0.25, 0.3) is 11.3 Å². The monoisotopic (exact) mass is 404 g/mol. The molecule has 0 saturated carbocycles. The molecule has 0 amide bonds. The number of nitrogens with two attached hydrogens (primary N) is 1. The van der Waals surface area contributed by atoms with E-state index >= 15 is 0 Å². The van der Waals surface area contributed by atoms with E-state index in [9.17, 15) is 0 Å². The van der Waals surface area contributed by atoms with Crippen molar-refractivity contribution in [2.75, 3.05) is 61.8 Å². The van der Waals surface area contributed by atoms with Gasteiger partial charge in [-0.2, -0.15) is 0 Å². The summed E-state index contributed by atoms with van der Waals surface area (Å²) < 4.78 is 0. The number of pyridine rings is 1. The largest absolute Gasteiger partial charge is 0.369 e. The number of nitrogens with zero attached hydrogens (tertiary/aromatic N) is 5. The van der Waals surface area contributed by atoms with Gasteiger partial charge >= 0.3 is 0 Å². The maximum absolute atomic E-state index is 5.51. The number of benzene rings is 1. The molecule has 8 nitrogen and oxygen atoms in total. The average molecular weight is 405 g/mol. The first-order chi connectivity index (χ1) is 14.7. The summed E-state index contributed by atoms with van der Waals surface area (Å²) in [6, 6.07) is 14.2. The first-order valence-electron chi connectivity index (χ1n) is 10.3. The molecule has 4 N–H and O–H groups in total. The van der Waals surface area contributed by atoms with E-state index in [1.165, 1.54) is 5.69 Å². The fourth-order valence-corrected chi connectivity index (χ4v) is 3.38. The van der Waals surface area contributed by atoms with Gasteiger partial charge in [-0.3, -0.25) is 0 Å². The molecule has 1 aromatic carbocycles. The zero-order chi connectivity index (χ0) is 20.8. The van der Waals surface area contributed by atoms with Crippen LogP contribution in [0.1, 0.15) is 0 Å². The number of anilines is 4. The van der Waals surface area contributed by atoms with E-state index in [0.717, 1.165) is 48.9 Å². The molecule has 0 unspecified atom stereocenters. The highest BCUT2D eigenvalue weighted by Crippen LogP contribution is 2.22. The molecule has 156 valence electrons. The van der Waals surface area contributed by atoms with Crippen molar-refractivity contribution in [3.8, 4) is 11.3 Å². The van der Waals surface area contributed by atoms with Crippen LogP contribution in [0.15, 0.2) is 54.9 Å². The standard InChI is InChI=1S/C22H28N8/c1-29-12-14-30(15-13-29)19-5-3-18(4-6-19)27-22-25-10-8-20(28-22)17-2-7-21(26-16-17)24-11-9-23/h2-8,10,16H,9,11-15,23H2,1H3,(H,24,26)(H,25,27,28). The van der Waals surface area contributed by atoms with Gasteiger partial charge in [-0.25, -0.2) is 15.0 Å². The average Bonchev–Trinajstić information content (AvgIpc) is 2.79. The maximum atomic E-state index is 5.51. The van der Waals surface area contributed by atoms with E-state index in [0.29, 0.717) is 19.0 Å². The zero-order valence-electron chi connectivity index (χ0n) is 17.3.